The minimum absolute atomic E-state index is 0.0826. The molecule has 1 atom stereocenters. The molecule has 0 bridgehead atoms. The van der Waals surface area contributed by atoms with Crippen LogP contribution in [0.15, 0.2) is 0 Å². The first-order chi connectivity index (χ1) is 6.84. The van der Waals surface area contributed by atoms with Gasteiger partial charge in [-0.25, -0.2) is 5.48 Å². The molecule has 1 aliphatic heterocycles. The largest absolute Gasteiger partial charge is 0.382 e. The van der Waals surface area contributed by atoms with Gasteiger partial charge in [0.1, 0.15) is 0 Å². The molecule has 1 unspecified atom stereocenters. The van der Waals surface area contributed by atoms with E-state index in [4.69, 9.17) is 9.57 Å². The monoisotopic (exact) mass is 202 g/mol. The molecular formula is C9H18N2O3. The summed E-state index contributed by atoms with van der Waals surface area (Å²) in [5.41, 5.74) is 2.41. The maximum absolute atomic E-state index is 11.4. The molecule has 5 nitrogen and oxygen atoms in total. The van der Waals surface area contributed by atoms with Crippen LogP contribution in [0, 0.1) is 0 Å². The highest BCUT2D eigenvalue weighted by Gasteiger charge is 2.20. The molecule has 82 valence electrons. The number of hydroxylamine groups is 1. The summed E-state index contributed by atoms with van der Waals surface area (Å²) in [5, 5.41) is 3.14. The topological polar surface area (TPSA) is 59.6 Å². The van der Waals surface area contributed by atoms with Gasteiger partial charge in [0, 0.05) is 7.11 Å². The van der Waals surface area contributed by atoms with Crippen LogP contribution in [0.4, 0.5) is 0 Å². The molecule has 0 aromatic heterocycles. The van der Waals surface area contributed by atoms with E-state index in [2.05, 4.69) is 10.8 Å². The van der Waals surface area contributed by atoms with Gasteiger partial charge in [-0.05, 0) is 19.4 Å². The predicted molar refractivity (Wildman–Crippen MR) is 51.6 cm³/mol. The fourth-order valence-electron chi connectivity index (χ4n) is 1.39. The molecule has 0 spiro atoms. The zero-order valence-electron chi connectivity index (χ0n) is 8.54. The average molecular weight is 202 g/mol. The Balaban J connectivity index is 2.07. The Hall–Kier alpha value is -0.650. The molecule has 5 heteroatoms. The smallest absolute Gasteiger partial charge is 0.260 e. The second kappa shape index (κ2) is 6.75. The zero-order valence-corrected chi connectivity index (χ0v) is 8.54. The molecule has 1 heterocycles. The van der Waals surface area contributed by atoms with Crippen molar-refractivity contribution < 1.29 is 14.4 Å². The number of hydrogen-bond acceptors (Lipinski definition) is 4. The second-order valence-corrected chi connectivity index (χ2v) is 3.31. The lowest BCUT2D eigenvalue weighted by Crippen LogP contribution is -2.46. The summed E-state index contributed by atoms with van der Waals surface area (Å²) in [4.78, 5) is 16.3. The van der Waals surface area contributed by atoms with Gasteiger partial charge in [-0.3, -0.25) is 9.63 Å². The van der Waals surface area contributed by atoms with Crippen LogP contribution >= 0.6 is 0 Å². The SMILES string of the molecule is COCCONC(=O)C1CCCCN1. The molecule has 1 amide bonds. The first-order valence-electron chi connectivity index (χ1n) is 4.98. The zero-order chi connectivity index (χ0) is 10.2. The van der Waals surface area contributed by atoms with Crippen molar-refractivity contribution in [3.8, 4) is 0 Å². The van der Waals surface area contributed by atoms with Crippen LogP contribution in [0.3, 0.4) is 0 Å². The molecule has 2 N–H and O–H groups in total. The average Bonchev–Trinajstić information content (AvgIpc) is 2.25. The normalized spacial score (nSPS) is 21.9. The molecule has 0 saturated carbocycles. The van der Waals surface area contributed by atoms with Crippen molar-refractivity contribution in [2.75, 3.05) is 26.9 Å². The van der Waals surface area contributed by atoms with E-state index in [0.717, 1.165) is 25.8 Å². The maximum atomic E-state index is 11.4. The number of carbonyl (C=O) groups excluding carboxylic acids is 1. The predicted octanol–water partition coefficient (Wildman–Crippen LogP) is -0.177. The molecule has 0 aliphatic carbocycles. The Labute approximate surface area is 84.1 Å². The number of piperidine rings is 1. The Morgan fingerprint density at radius 1 is 1.50 bits per heavy atom. The van der Waals surface area contributed by atoms with Gasteiger partial charge in [0.2, 0.25) is 0 Å². The summed E-state index contributed by atoms with van der Waals surface area (Å²) in [6.07, 6.45) is 3.14. The van der Waals surface area contributed by atoms with E-state index in [9.17, 15) is 4.79 Å². The standard InChI is InChI=1S/C9H18N2O3/c1-13-6-7-14-11-9(12)8-4-2-3-5-10-8/h8,10H,2-7H2,1H3,(H,11,12). The highest BCUT2D eigenvalue weighted by molar-refractivity contribution is 5.80. The van der Waals surface area contributed by atoms with E-state index < -0.39 is 0 Å². The quantitative estimate of drug-likeness (QED) is 0.480. The summed E-state index contributed by atoms with van der Waals surface area (Å²) in [7, 11) is 1.59. The number of amides is 1. The van der Waals surface area contributed by atoms with Crippen LogP contribution in [0.2, 0.25) is 0 Å². The van der Waals surface area contributed by atoms with E-state index in [1.807, 2.05) is 0 Å². The molecule has 14 heavy (non-hydrogen) atoms. The maximum Gasteiger partial charge on any atom is 0.260 e. The number of rotatable bonds is 5. The number of methoxy groups -OCH3 is 1. The van der Waals surface area contributed by atoms with E-state index in [-0.39, 0.29) is 11.9 Å². The highest BCUT2D eigenvalue weighted by Crippen LogP contribution is 2.06. The molecule has 1 aliphatic rings. The minimum atomic E-state index is -0.0914. The van der Waals surface area contributed by atoms with Crippen molar-refractivity contribution in [1.29, 1.82) is 0 Å². The van der Waals surface area contributed by atoms with Crippen LogP contribution in [0.25, 0.3) is 0 Å². The third kappa shape index (κ3) is 4.04. The summed E-state index contributed by atoms with van der Waals surface area (Å²) < 4.78 is 4.78. The summed E-state index contributed by atoms with van der Waals surface area (Å²) in [6, 6.07) is -0.0914. The van der Waals surface area contributed by atoms with Crippen molar-refractivity contribution in [3.63, 3.8) is 0 Å². The number of carbonyl (C=O) groups is 1. The molecule has 0 radical (unpaired) electrons. The van der Waals surface area contributed by atoms with Crippen LogP contribution in [-0.2, 0) is 14.4 Å². The fourth-order valence-corrected chi connectivity index (χ4v) is 1.39. The van der Waals surface area contributed by atoms with Gasteiger partial charge in [0.25, 0.3) is 5.91 Å². The van der Waals surface area contributed by atoms with E-state index in [1.54, 1.807) is 7.11 Å². The molecular weight excluding hydrogens is 184 g/mol. The molecule has 0 aromatic rings. The number of hydrogen-bond donors (Lipinski definition) is 2. The van der Waals surface area contributed by atoms with Gasteiger partial charge in [-0.15, -0.1) is 0 Å². The van der Waals surface area contributed by atoms with Gasteiger partial charge in [-0.1, -0.05) is 6.42 Å². The molecule has 0 aromatic carbocycles. The van der Waals surface area contributed by atoms with Crippen LogP contribution in [0.5, 0.6) is 0 Å². The molecule has 1 rings (SSSR count). The summed E-state index contributed by atoms with van der Waals surface area (Å²) in [5.74, 6) is -0.0826. The highest BCUT2D eigenvalue weighted by atomic mass is 16.7. The van der Waals surface area contributed by atoms with Gasteiger partial charge in [-0.2, -0.15) is 0 Å². The second-order valence-electron chi connectivity index (χ2n) is 3.31. The van der Waals surface area contributed by atoms with E-state index in [0.29, 0.717) is 13.2 Å². The van der Waals surface area contributed by atoms with Crippen molar-refractivity contribution in [2.45, 2.75) is 25.3 Å². The first-order valence-corrected chi connectivity index (χ1v) is 4.98. The molecule has 1 fully saturated rings. The van der Waals surface area contributed by atoms with Crippen LogP contribution in [0.1, 0.15) is 19.3 Å². The van der Waals surface area contributed by atoms with Crippen LogP contribution < -0.4 is 10.8 Å². The number of nitrogens with one attached hydrogen (secondary N) is 2. The fraction of sp³-hybridized carbons (Fsp3) is 0.889. The van der Waals surface area contributed by atoms with Crippen molar-refractivity contribution >= 4 is 5.91 Å². The third-order valence-corrected chi connectivity index (χ3v) is 2.19. The Kier molecular flexibility index (Phi) is 5.51. The lowest BCUT2D eigenvalue weighted by molar-refractivity contribution is -0.137. The summed E-state index contributed by atoms with van der Waals surface area (Å²) >= 11 is 0. The van der Waals surface area contributed by atoms with Crippen molar-refractivity contribution in [2.24, 2.45) is 0 Å². The Bertz CT molecular complexity index is 169. The van der Waals surface area contributed by atoms with Crippen molar-refractivity contribution in [1.82, 2.24) is 10.8 Å². The lowest BCUT2D eigenvalue weighted by atomic mass is 10.1. The van der Waals surface area contributed by atoms with Crippen molar-refractivity contribution in [3.05, 3.63) is 0 Å². The van der Waals surface area contributed by atoms with Gasteiger partial charge in [0.05, 0.1) is 19.3 Å². The minimum Gasteiger partial charge on any atom is -0.382 e. The third-order valence-electron chi connectivity index (χ3n) is 2.19. The lowest BCUT2D eigenvalue weighted by Gasteiger charge is -2.22. The Morgan fingerprint density at radius 3 is 3.00 bits per heavy atom. The summed E-state index contributed by atoms with van der Waals surface area (Å²) in [6.45, 7) is 1.78. The van der Waals surface area contributed by atoms with Gasteiger partial charge in [0.15, 0.2) is 0 Å². The molecule has 1 saturated heterocycles. The van der Waals surface area contributed by atoms with Gasteiger partial charge >= 0.3 is 0 Å². The van der Waals surface area contributed by atoms with E-state index >= 15 is 0 Å². The Morgan fingerprint density at radius 2 is 2.36 bits per heavy atom. The van der Waals surface area contributed by atoms with Gasteiger partial charge < -0.3 is 10.1 Å². The first kappa shape index (κ1) is 11.4. The van der Waals surface area contributed by atoms with E-state index in [1.165, 1.54) is 0 Å². The number of ether oxygens (including phenoxy) is 1. The van der Waals surface area contributed by atoms with Crippen LogP contribution in [-0.4, -0.2) is 38.8 Å².